The van der Waals surface area contributed by atoms with Crippen molar-refractivity contribution in [2.75, 3.05) is 11.4 Å². The molecule has 2 nitrogen and oxygen atoms in total. The number of nitrogens with two attached hydrogens (primary N) is 1. The van der Waals surface area contributed by atoms with Gasteiger partial charge >= 0.3 is 6.18 Å². The average molecular weight is 298 g/mol. The molecule has 0 radical (unpaired) electrons. The van der Waals surface area contributed by atoms with E-state index in [0.29, 0.717) is 12.0 Å². The minimum absolute atomic E-state index is 0.0788. The van der Waals surface area contributed by atoms with Crippen LogP contribution in [0.25, 0.3) is 0 Å². The average Bonchev–Trinajstić information content (AvgIpc) is 2.93. The van der Waals surface area contributed by atoms with E-state index in [-0.39, 0.29) is 12.1 Å². The summed E-state index contributed by atoms with van der Waals surface area (Å²) in [7, 11) is 0. The van der Waals surface area contributed by atoms with Gasteiger partial charge in [0.05, 0.1) is 5.56 Å². The number of anilines is 1. The third kappa shape index (κ3) is 2.76. The van der Waals surface area contributed by atoms with Crippen LogP contribution in [0.1, 0.15) is 43.2 Å². The predicted octanol–water partition coefficient (Wildman–Crippen LogP) is 3.93. The first kappa shape index (κ1) is 14.7. The SMILES string of the molecule is NCc1cc(N2CCCC3CCCC32)ccc1C(F)(F)F. The molecule has 1 aliphatic heterocycles. The fraction of sp³-hybridized carbons (Fsp3) is 0.625. The van der Waals surface area contributed by atoms with Crippen LogP contribution in [-0.2, 0) is 12.7 Å². The van der Waals surface area contributed by atoms with E-state index >= 15 is 0 Å². The van der Waals surface area contributed by atoms with Crippen LogP contribution in [0.3, 0.4) is 0 Å². The first-order valence-corrected chi connectivity index (χ1v) is 7.67. The monoisotopic (exact) mass is 298 g/mol. The normalized spacial score (nSPS) is 26.0. The van der Waals surface area contributed by atoms with Gasteiger partial charge in [0, 0.05) is 24.8 Å². The largest absolute Gasteiger partial charge is 0.416 e. The molecular weight excluding hydrogens is 277 g/mol. The van der Waals surface area contributed by atoms with Gasteiger partial charge in [-0.05, 0) is 55.4 Å². The molecule has 2 N–H and O–H groups in total. The van der Waals surface area contributed by atoms with E-state index < -0.39 is 11.7 Å². The lowest BCUT2D eigenvalue weighted by Crippen LogP contribution is -2.42. The van der Waals surface area contributed by atoms with Crippen molar-refractivity contribution in [1.29, 1.82) is 0 Å². The highest BCUT2D eigenvalue weighted by Gasteiger charge is 2.36. The highest BCUT2D eigenvalue weighted by atomic mass is 19.4. The summed E-state index contributed by atoms with van der Waals surface area (Å²) in [5.41, 5.74) is 6.03. The fourth-order valence-corrected chi connectivity index (χ4v) is 3.98. The van der Waals surface area contributed by atoms with Crippen LogP contribution in [0.15, 0.2) is 18.2 Å². The molecule has 1 heterocycles. The smallest absolute Gasteiger partial charge is 0.368 e. The molecule has 21 heavy (non-hydrogen) atoms. The highest BCUT2D eigenvalue weighted by Crippen LogP contribution is 2.40. The zero-order chi connectivity index (χ0) is 15.0. The molecule has 1 aromatic rings. The maximum absolute atomic E-state index is 13.0. The number of nitrogens with zero attached hydrogens (tertiary/aromatic N) is 1. The van der Waals surface area contributed by atoms with Gasteiger partial charge in [-0.15, -0.1) is 0 Å². The Balaban J connectivity index is 1.92. The first-order chi connectivity index (χ1) is 10.0. The molecule has 2 unspecified atom stereocenters. The van der Waals surface area contributed by atoms with Gasteiger partial charge in [-0.1, -0.05) is 6.42 Å². The molecule has 3 rings (SSSR count). The minimum Gasteiger partial charge on any atom is -0.368 e. The number of hydrogen-bond acceptors (Lipinski definition) is 2. The standard InChI is InChI=1S/C16H21F3N2/c17-16(18,19)14-7-6-13(9-12(14)10-20)21-8-2-4-11-3-1-5-15(11)21/h6-7,9,11,15H,1-5,8,10,20H2. The van der Waals surface area contributed by atoms with Crippen LogP contribution < -0.4 is 10.6 Å². The number of halogens is 3. The van der Waals surface area contributed by atoms with Crippen LogP contribution in [0.5, 0.6) is 0 Å². The van der Waals surface area contributed by atoms with Crippen molar-refractivity contribution in [2.45, 2.75) is 50.9 Å². The predicted molar refractivity (Wildman–Crippen MR) is 77.0 cm³/mol. The molecule has 1 aliphatic carbocycles. The van der Waals surface area contributed by atoms with Crippen LogP contribution >= 0.6 is 0 Å². The van der Waals surface area contributed by atoms with E-state index in [9.17, 15) is 13.2 Å². The lowest BCUT2D eigenvalue weighted by atomic mass is 9.91. The molecule has 116 valence electrons. The molecule has 2 atom stereocenters. The van der Waals surface area contributed by atoms with Gasteiger partial charge in [-0.25, -0.2) is 0 Å². The molecule has 2 aliphatic rings. The van der Waals surface area contributed by atoms with Crippen LogP contribution in [-0.4, -0.2) is 12.6 Å². The van der Waals surface area contributed by atoms with Gasteiger partial charge in [-0.3, -0.25) is 0 Å². The van der Waals surface area contributed by atoms with E-state index in [1.54, 1.807) is 12.1 Å². The summed E-state index contributed by atoms with van der Waals surface area (Å²) in [4.78, 5) is 2.31. The second-order valence-electron chi connectivity index (χ2n) is 6.14. The molecule has 1 saturated heterocycles. The summed E-state index contributed by atoms with van der Waals surface area (Å²) in [6.07, 6.45) is 1.70. The summed E-state index contributed by atoms with van der Waals surface area (Å²) in [5.74, 6) is 0.711. The quantitative estimate of drug-likeness (QED) is 0.896. The lowest BCUT2D eigenvalue weighted by molar-refractivity contribution is -0.138. The van der Waals surface area contributed by atoms with Gasteiger partial charge < -0.3 is 10.6 Å². The van der Waals surface area contributed by atoms with E-state index in [0.717, 1.165) is 25.1 Å². The van der Waals surface area contributed by atoms with Gasteiger partial charge in [-0.2, -0.15) is 13.2 Å². The van der Waals surface area contributed by atoms with Crippen molar-refractivity contribution in [1.82, 2.24) is 0 Å². The van der Waals surface area contributed by atoms with Crippen molar-refractivity contribution in [3.63, 3.8) is 0 Å². The molecule has 1 saturated carbocycles. The Labute approximate surface area is 123 Å². The Morgan fingerprint density at radius 1 is 1.14 bits per heavy atom. The molecule has 2 fully saturated rings. The highest BCUT2D eigenvalue weighted by molar-refractivity contribution is 5.53. The summed E-state index contributed by atoms with van der Waals surface area (Å²) < 4.78 is 38.9. The summed E-state index contributed by atoms with van der Waals surface area (Å²) in [6, 6.07) is 4.95. The zero-order valence-electron chi connectivity index (χ0n) is 12.0. The number of alkyl halides is 3. The number of hydrogen-bond donors (Lipinski definition) is 1. The van der Waals surface area contributed by atoms with Crippen LogP contribution in [0.2, 0.25) is 0 Å². The maximum atomic E-state index is 13.0. The van der Waals surface area contributed by atoms with E-state index in [1.807, 2.05) is 0 Å². The molecule has 0 spiro atoms. The Kier molecular flexibility index (Phi) is 3.86. The van der Waals surface area contributed by atoms with E-state index in [1.165, 1.54) is 25.3 Å². The number of piperidine rings is 1. The second-order valence-corrected chi connectivity index (χ2v) is 6.14. The Morgan fingerprint density at radius 2 is 1.90 bits per heavy atom. The minimum atomic E-state index is -4.33. The second kappa shape index (κ2) is 5.52. The van der Waals surface area contributed by atoms with Crippen molar-refractivity contribution in [3.8, 4) is 0 Å². The third-order valence-electron chi connectivity index (χ3n) is 4.94. The summed E-state index contributed by atoms with van der Waals surface area (Å²) in [5, 5.41) is 0. The fourth-order valence-electron chi connectivity index (χ4n) is 3.98. The summed E-state index contributed by atoms with van der Waals surface area (Å²) in [6.45, 7) is 0.862. The van der Waals surface area contributed by atoms with Gasteiger partial charge in [0.2, 0.25) is 0 Å². The van der Waals surface area contributed by atoms with Gasteiger partial charge in [0.15, 0.2) is 0 Å². The number of fused-ring (bicyclic) bond motifs is 1. The van der Waals surface area contributed by atoms with Crippen molar-refractivity contribution >= 4 is 5.69 Å². The van der Waals surface area contributed by atoms with Crippen LogP contribution in [0, 0.1) is 5.92 Å². The van der Waals surface area contributed by atoms with Crippen LogP contribution in [0.4, 0.5) is 18.9 Å². The third-order valence-corrected chi connectivity index (χ3v) is 4.94. The first-order valence-electron chi connectivity index (χ1n) is 7.67. The number of benzene rings is 1. The summed E-state index contributed by atoms with van der Waals surface area (Å²) >= 11 is 0. The zero-order valence-corrected chi connectivity index (χ0v) is 12.0. The van der Waals surface area contributed by atoms with E-state index in [2.05, 4.69) is 4.90 Å². The topological polar surface area (TPSA) is 29.3 Å². The molecule has 0 aromatic heterocycles. The van der Waals surface area contributed by atoms with Crippen molar-refractivity contribution in [2.24, 2.45) is 11.7 Å². The van der Waals surface area contributed by atoms with E-state index in [4.69, 9.17) is 5.73 Å². The van der Waals surface area contributed by atoms with Gasteiger partial charge in [0.25, 0.3) is 0 Å². The molecular formula is C16H21F3N2. The Morgan fingerprint density at radius 3 is 2.62 bits per heavy atom. The molecule has 5 heteroatoms. The molecule has 0 bridgehead atoms. The number of rotatable bonds is 2. The molecule has 0 amide bonds. The Bertz CT molecular complexity index is 513. The molecule has 1 aromatic carbocycles. The Hall–Kier alpha value is -1.23. The lowest BCUT2D eigenvalue weighted by Gasteiger charge is -2.40. The maximum Gasteiger partial charge on any atom is 0.416 e. The van der Waals surface area contributed by atoms with Gasteiger partial charge in [0.1, 0.15) is 0 Å². The van der Waals surface area contributed by atoms with Crippen molar-refractivity contribution in [3.05, 3.63) is 29.3 Å². The van der Waals surface area contributed by atoms with Crippen molar-refractivity contribution < 1.29 is 13.2 Å².